The van der Waals surface area contributed by atoms with Crippen molar-refractivity contribution in [3.63, 3.8) is 0 Å². The second-order valence-corrected chi connectivity index (χ2v) is 7.01. The van der Waals surface area contributed by atoms with Gasteiger partial charge in [-0.3, -0.25) is 0 Å². The predicted molar refractivity (Wildman–Crippen MR) is 82.8 cm³/mol. The third-order valence-electron chi connectivity index (χ3n) is 2.90. The van der Waals surface area contributed by atoms with E-state index in [0.29, 0.717) is 18.7 Å². The van der Waals surface area contributed by atoms with Gasteiger partial charge in [-0.1, -0.05) is 6.07 Å². The van der Waals surface area contributed by atoms with Gasteiger partial charge in [0.1, 0.15) is 16.4 Å². The maximum absolute atomic E-state index is 12.3. The van der Waals surface area contributed by atoms with Crippen LogP contribution in [0.15, 0.2) is 40.6 Å². The van der Waals surface area contributed by atoms with Crippen molar-refractivity contribution in [3.8, 4) is 11.5 Å². The van der Waals surface area contributed by atoms with Crippen molar-refractivity contribution in [2.75, 3.05) is 20.8 Å². The first-order valence-electron chi connectivity index (χ1n) is 6.31. The van der Waals surface area contributed by atoms with Crippen molar-refractivity contribution in [2.45, 2.75) is 11.3 Å². The van der Waals surface area contributed by atoms with Gasteiger partial charge in [-0.05, 0) is 30.0 Å². The van der Waals surface area contributed by atoms with E-state index in [-0.39, 0.29) is 10.6 Å². The van der Waals surface area contributed by atoms with Crippen LogP contribution in [0.3, 0.4) is 0 Å². The SMILES string of the molecule is COc1ccc(S(=O)(=O)NCCc2cccs2)c(OC)c1. The number of hydrogen-bond acceptors (Lipinski definition) is 5. The fraction of sp³-hybridized carbons (Fsp3) is 0.286. The minimum atomic E-state index is -3.61. The van der Waals surface area contributed by atoms with Gasteiger partial charge in [0, 0.05) is 17.5 Å². The van der Waals surface area contributed by atoms with E-state index < -0.39 is 10.0 Å². The molecule has 0 bridgehead atoms. The molecule has 0 aliphatic rings. The summed E-state index contributed by atoms with van der Waals surface area (Å²) in [6.45, 7) is 0.345. The van der Waals surface area contributed by atoms with Crippen LogP contribution in [-0.4, -0.2) is 29.2 Å². The molecule has 1 aromatic heterocycles. The molecule has 0 aliphatic carbocycles. The van der Waals surface area contributed by atoms with Gasteiger partial charge in [-0.25, -0.2) is 13.1 Å². The number of benzene rings is 1. The van der Waals surface area contributed by atoms with Gasteiger partial charge in [0.15, 0.2) is 0 Å². The zero-order valence-electron chi connectivity index (χ0n) is 11.8. The van der Waals surface area contributed by atoms with E-state index in [1.807, 2.05) is 17.5 Å². The topological polar surface area (TPSA) is 64.6 Å². The molecule has 0 unspecified atom stereocenters. The minimum absolute atomic E-state index is 0.108. The monoisotopic (exact) mass is 327 g/mol. The van der Waals surface area contributed by atoms with Crippen LogP contribution in [-0.2, 0) is 16.4 Å². The summed E-state index contributed by atoms with van der Waals surface area (Å²) in [5.41, 5.74) is 0. The van der Waals surface area contributed by atoms with Crippen molar-refractivity contribution in [1.29, 1.82) is 0 Å². The van der Waals surface area contributed by atoms with E-state index in [1.54, 1.807) is 23.5 Å². The number of thiophene rings is 1. The predicted octanol–water partition coefficient (Wildman–Crippen LogP) is 2.29. The lowest BCUT2D eigenvalue weighted by Gasteiger charge is -2.11. The molecule has 0 saturated carbocycles. The van der Waals surface area contributed by atoms with Gasteiger partial charge in [-0.2, -0.15) is 0 Å². The summed E-state index contributed by atoms with van der Waals surface area (Å²) in [5.74, 6) is 0.808. The van der Waals surface area contributed by atoms with E-state index in [0.717, 1.165) is 4.88 Å². The fourth-order valence-electron chi connectivity index (χ4n) is 1.84. The molecule has 0 fully saturated rings. The normalized spacial score (nSPS) is 11.3. The maximum Gasteiger partial charge on any atom is 0.244 e. The smallest absolute Gasteiger partial charge is 0.244 e. The summed E-state index contributed by atoms with van der Waals surface area (Å²) in [7, 11) is -0.661. The number of sulfonamides is 1. The standard InChI is InChI=1S/C14H17NO4S2/c1-18-11-5-6-14(13(10-11)19-2)21(16,17)15-8-7-12-4-3-9-20-12/h3-6,9-10,15H,7-8H2,1-2H3. The third-order valence-corrected chi connectivity index (χ3v) is 5.34. The molecule has 5 nitrogen and oxygen atoms in total. The van der Waals surface area contributed by atoms with Crippen LogP contribution in [0.1, 0.15) is 4.88 Å². The molecule has 1 N–H and O–H groups in total. The van der Waals surface area contributed by atoms with Gasteiger partial charge in [-0.15, -0.1) is 11.3 Å². The highest BCUT2D eigenvalue weighted by Crippen LogP contribution is 2.28. The third kappa shape index (κ3) is 3.96. The van der Waals surface area contributed by atoms with E-state index in [4.69, 9.17) is 9.47 Å². The molecular weight excluding hydrogens is 310 g/mol. The lowest BCUT2D eigenvalue weighted by Crippen LogP contribution is -2.26. The summed E-state index contributed by atoms with van der Waals surface area (Å²) < 4.78 is 37.4. The summed E-state index contributed by atoms with van der Waals surface area (Å²) in [6, 6.07) is 8.54. The van der Waals surface area contributed by atoms with Gasteiger partial charge in [0.05, 0.1) is 14.2 Å². The molecule has 114 valence electrons. The Hall–Kier alpha value is -1.57. The quantitative estimate of drug-likeness (QED) is 0.847. The van der Waals surface area contributed by atoms with Crippen LogP contribution < -0.4 is 14.2 Å². The molecule has 0 radical (unpaired) electrons. The first-order chi connectivity index (χ1) is 10.1. The first kappa shape index (κ1) is 15.8. The Balaban J connectivity index is 2.11. The average Bonchev–Trinajstić information content (AvgIpc) is 2.99. The van der Waals surface area contributed by atoms with Gasteiger partial charge >= 0.3 is 0 Å². The minimum Gasteiger partial charge on any atom is -0.497 e. The maximum atomic E-state index is 12.3. The van der Waals surface area contributed by atoms with Crippen LogP contribution in [0.5, 0.6) is 11.5 Å². The lowest BCUT2D eigenvalue weighted by atomic mass is 10.3. The second kappa shape index (κ2) is 6.93. The van der Waals surface area contributed by atoms with E-state index in [9.17, 15) is 8.42 Å². The summed E-state index contributed by atoms with van der Waals surface area (Å²) >= 11 is 1.61. The van der Waals surface area contributed by atoms with Crippen molar-refractivity contribution in [3.05, 3.63) is 40.6 Å². The Bertz CT molecular complexity index is 681. The molecule has 0 atom stereocenters. The molecular formula is C14H17NO4S2. The lowest BCUT2D eigenvalue weighted by molar-refractivity contribution is 0.386. The van der Waals surface area contributed by atoms with Crippen molar-refractivity contribution in [2.24, 2.45) is 0 Å². The van der Waals surface area contributed by atoms with Crippen molar-refractivity contribution < 1.29 is 17.9 Å². The van der Waals surface area contributed by atoms with Crippen molar-refractivity contribution >= 4 is 21.4 Å². The van der Waals surface area contributed by atoms with Gasteiger partial charge < -0.3 is 9.47 Å². The Morgan fingerprint density at radius 1 is 1.19 bits per heavy atom. The number of nitrogens with one attached hydrogen (secondary N) is 1. The number of hydrogen-bond donors (Lipinski definition) is 1. The summed E-state index contributed by atoms with van der Waals surface area (Å²) in [5, 5.41) is 1.97. The molecule has 0 aliphatic heterocycles. The van der Waals surface area contributed by atoms with Crippen LogP contribution in [0.4, 0.5) is 0 Å². The van der Waals surface area contributed by atoms with Crippen LogP contribution in [0, 0.1) is 0 Å². The van der Waals surface area contributed by atoms with E-state index in [2.05, 4.69) is 4.72 Å². The summed E-state index contributed by atoms with van der Waals surface area (Å²) in [4.78, 5) is 1.25. The fourth-order valence-corrected chi connectivity index (χ4v) is 3.73. The molecule has 1 heterocycles. The highest BCUT2D eigenvalue weighted by Gasteiger charge is 2.19. The molecule has 2 rings (SSSR count). The Morgan fingerprint density at radius 3 is 2.62 bits per heavy atom. The van der Waals surface area contributed by atoms with Crippen LogP contribution >= 0.6 is 11.3 Å². The molecule has 0 amide bonds. The number of rotatable bonds is 7. The van der Waals surface area contributed by atoms with Crippen LogP contribution in [0.25, 0.3) is 0 Å². The molecule has 2 aromatic rings. The zero-order valence-corrected chi connectivity index (χ0v) is 13.5. The molecule has 21 heavy (non-hydrogen) atoms. The highest BCUT2D eigenvalue weighted by molar-refractivity contribution is 7.89. The van der Waals surface area contributed by atoms with Crippen LogP contribution in [0.2, 0.25) is 0 Å². The zero-order chi connectivity index (χ0) is 15.3. The van der Waals surface area contributed by atoms with Gasteiger partial charge in [0.2, 0.25) is 10.0 Å². The Morgan fingerprint density at radius 2 is 2.00 bits per heavy atom. The average molecular weight is 327 g/mol. The summed E-state index contributed by atoms with van der Waals surface area (Å²) in [6.07, 6.45) is 0.662. The first-order valence-corrected chi connectivity index (χ1v) is 8.67. The largest absolute Gasteiger partial charge is 0.497 e. The van der Waals surface area contributed by atoms with Gasteiger partial charge in [0.25, 0.3) is 0 Å². The Kier molecular flexibility index (Phi) is 5.22. The van der Waals surface area contributed by atoms with E-state index >= 15 is 0 Å². The molecule has 1 aromatic carbocycles. The second-order valence-electron chi connectivity index (χ2n) is 4.24. The highest BCUT2D eigenvalue weighted by atomic mass is 32.2. The Labute approximate surface area is 128 Å². The van der Waals surface area contributed by atoms with E-state index in [1.165, 1.54) is 20.3 Å². The number of ether oxygens (including phenoxy) is 2. The van der Waals surface area contributed by atoms with Crippen molar-refractivity contribution in [1.82, 2.24) is 4.72 Å². The molecule has 0 saturated heterocycles. The number of methoxy groups -OCH3 is 2. The molecule has 0 spiro atoms. The molecule has 7 heteroatoms.